The third kappa shape index (κ3) is 3.49. The molecule has 0 fully saturated rings. The number of likely N-dealkylation sites (N-methyl/N-ethyl adjacent to an activating group) is 1. The summed E-state index contributed by atoms with van der Waals surface area (Å²) in [4.78, 5) is 2.46. The Morgan fingerprint density at radius 3 is 2.46 bits per heavy atom. The number of benzene rings is 3. The van der Waals surface area contributed by atoms with Gasteiger partial charge in [-0.25, -0.2) is 0 Å². The molecule has 0 unspecified atom stereocenters. The molecule has 0 bridgehead atoms. The Bertz CT molecular complexity index is 1130. The third-order valence-electron chi connectivity index (χ3n) is 5.19. The minimum absolute atomic E-state index is 0. The molecular formula is C21H23ClN2O3S. The van der Waals surface area contributed by atoms with Gasteiger partial charge in [0.1, 0.15) is 0 Å². The van der Waals surface area contributed by atoms with Crippen LogP contribution in [-0.2, 0) is 23.0 Å². The monoisotopic (exact) mass is 418 g/mol. The van der Waals surface area contributed by atoms with Crippen molar-refractivity contribution in [3.8, 4) is 0 Å². The molecule has 0 radical (unpaired) electrons. The first kappa shape index (κ1) is 20.6. The van der Waals surface area contributed by atoms with E-state index >= 15 is 0 Å². The van der Waals surface area contributed by atoms with E-state index in [1.54, 1.807) is 12.1 Å². The second-order valence-corrected chi connectivity index (χ2v) is 9.38. The van der Waals surface area contributed by atoms with Crippen LogP contribution >= 0.6 is 11.8 Å². The molecule has 1 aliphatic rings. The van der Waals surface area contributed by atoms with Gasteiger partial charge < -0.3 is 10.4 Å². The van der Waals surface area contributed by atoms with E-state index < -0.39 is 10.0 Å². The summed E-state index contributed by atoms with van der Waals surface area (Å²) >= 11 is 6.38. The maximum Gasteiger partial charge on any atom is 0.278 e. The van der Waals surface area contributed by atoms with Crippen molar-refractivity contribution in [3.05, 3.63) is 71.3 Å². The molecule has 0 aliphatic carbocycles. The highest BCUT2D eigenvalue weighted by Gasteiger charge is 2.27. The van der Waals surface area contributed by atoms with Crippen LogP contribution in [0.4, 0.5) is 5.69 Å². The lowest BCUT2D eigenvalue weighted by Crippen LogP contribution is -2.27. The summed E-state index contributed by atoms with van der Waals surface area (Å²) in [6.07, 6.45) is 0.887. The fourth-order valence-electron chi connectivity index (χ4n) is 3.66. The van der Waals surface area contributed by atoms with E-state index in [4.69, 9.17) is 11.8 Å². The Kier molecular flexibility index (Phi) is 5.68. The van der Waals surface area contributed by atoms with Crippen LogP contribution in [0.3, 0.4) is 0 Å². The van der Waals surface area contributed by atoms with E-state index in [9.17, 15) is 8.42 Å². The van der Waals surface area contributed by atoms with Crippen molar-refractivity contribution in [1.82, 2.24) is 4.90 Å². The van der Waals surface area contributed by atoms with Gasteiger partial charge in [-0.3, -0.25) is 0 Å². The highest BCUT2D eigenvalue weighted by Crippen LogP contribution is 2.33. The van der Waals surface area contributed by atoms with Crippen LogP contribution in [0, 0.1) is 6.92 Å². The van der Waals surface area contributed by atoms with Crippen LogP contribution in [0.1, 0.15) is 16.7 Å². The number of sulfonamides is 1. The Morgan fingerprint density at radius 2 is 1.71 bits per heavy atom. The van der Waals surface area contributed by atoms with Gasteiger partial charge in [-0.2, -0.15) is 12.2 Å². The molecule has 3 aromatic carbocycles. The molecule has 7 heteroatoms. The molecule has 0 aromatic heterocycles. The summed E-state index contributed by atoms with van der Waals surface area (Å²) < 4.78 is 27.4. The molecule has 1 aliphatic heterocycles. The van der Waals surface area contributed by atoms with Crippen LogP contribution in [0.5, 0.6) is 0 Å². The molecule has 0 saturated carbocycles. The van der Waals surface area contributed by atoms with Gasteiger partial charge >= 0.3 is 0 Å². The second-order valence-electron chi connectivity index (χ2n) is 7.09. The van der Waals surface area contributed by atoms with Crippen molar-refractivity contribution in [2.75, 3.05) is 17.4 Å². The predicted octanol–water partition coefficient (Wildman–Crippen LogP) is 3.66. The number of rotatable bonds is 3. The van der Waals surface area contributed by atoms with Crippen molar-refractivity contribution in [3.63, 3.8) is 0 Å². The number of fused-ring (bicyclic) bond motifs is 2. The first-order valence-corrected chi connectivity index (χ1v) is 10.7. The Balaban J connectivity index is 0.00000225. The fourth-order valence-corrected chi connectivity index (χ4v) is 5.25. The van der Waals surface area contributed by atoms with Gasteiger partial charge in [0, 0.05) is 30.3 Å². The third-order valence-corrected chi connectivity index (χ3v) is 7.47. The quantitative estimate of drug-likeness (QED) is 0.609. The zero-order chi connectivity index (χ0) is 19.2. The Morgan fingerprint density at radius 1 is 1.00 bits per heavy atom. The molecule has 4 rings (SSSR count). The molecule has 0 atom stereocenters. The van der Waals surface area contributed by atoms with E-state index in [1.807, 2.05) is 49.4 Å². The number of halogens is 1. The summed E-state index contributed by atoms with van der Waals surface area (Å²) in [6.45, 7) is 3.79. The lowest BCUT2D eigenvalue weighted by molar-refractivity contribution is 0.313. The van der Waals surface area contributed by atoms with E-state index in [2.05, 4.69) is 11.9 Å². The number of nitrogens with zero attached hydrogens (tertiary/aromatic N) is 2. The minimum Gasteiger partial charge on any atom is -0.412 e. The van der Waals surface area contributed by atoms with Gasteiger partial charge in [-0.1, -0.05) is 36.4 Å². The normalized spacial score (nSPS) is 14.4. The van der Waals surface area contributed by atoms with E-state index in [-0.39, 0.29) is 10.4 Å². The topological polar surface area (TPSA) is 72.1 Å². The van der Waals surface area contributed by atoms with Crippen molar-refractivity contribution >= 4 is 38.3 Å². The molecule has 0 amide bonds. The van der Waals surface area contributed by atoms with Gasteiger partial charge in [0.2, 0.25) is 0 Å². The summed E-state index contributed by atoms with van der Waals surface area (Å²) in [7, 11) is -1.80. The van der Waals surface area contributed by atoms with Crippen molar-refractivity contribution < 1.29 is 13.9 Å². The lowest BCUT2D eigenvalue weighted by atomic mass is 10.00. The summed E-state index contributed by atoms with van der Waals surface area (Å²) in [5.41, 5.74) is 3.88. The first-order valence-electron chi connectivity index (χ1n) is 8.88. The zero-order valence-electron chi connectivity index (χ0n) is 15.8. The van der Waals surface area contributed by atoms with Crippen LogP contribution in [-0.4, -0.2) is 32.4 Å². The number of aryl methyl sites for hydroxylation is 1. The van der Waals surface area contributed by atoms with Gasteiger partial charge in [0.05, 0.1) is 10.6 Å². The van der Waals surface area contributed by atoms with E-state index in [0.717, 1.165) is 39.8 Å². The SMILES string of the molecule is Cc1ccc(S(=O)(=O)N(Cl)c2ccc3c(c2)CCN(C)C3)c2ccccc12.O. The maximum atomic E-state index is 13.3. The molecule has 0 spiro atoms. The van der Waals surface area contributed by atoms with Crippen molar-refractivity contribution in [1.29, 1.82) is 0 Å². The zero-order valence-corrected chi connectivity index (χ0v) is 17.4. The van der Waals surface area contributed by atoms with Gasteiger partial charge in [-0.15, -0.1) is 0 Å². The van der Waals surface area contributed by atoms with Crippen molar-refractivity contribution in [2.45, 2.75) is 24.8 Å². The fraction of sp³-hybridized carbons (Fsp3) is 0.238. The highest BCUT2D eigenvalue weighted by molar-refractivity contribution is 7.94. The molecule has 148 valence electrons. The van der Waals surface area contributed by atoms with Crippen LogP contribution < -0.4 is 3.82 Å². The smallest absolute Gasteiger partial charge is 0.278 e. The minimum atomic E-state index is -3.88. The van der Waals surface area contributed by atoms with Gasteiger partial charge in [-0.05, 0) is 60.7 Å². The second kappa shape index (κ2) is 7.72. The summed E-state index contributed by atoms with van der Waals surface area (Å²) in [5.74, 6) is 0. The molecule has 2 N–H and O–H groups in total. The van der Waals surface area contributed by atoms with Crippen molar-refractivity contribution in [2.24, 2.45) is 0 Å². The van der Waals surface area contributed by atoms with Crippen LogP contribution in [0.2, 0.25) is 0 Å². The standard InChI is InChI=1S/C21H21ClN2O2S.H2O/c1-15-7-10-21(20-6-4-3-5-19(15)20)27(25,26)24(22)18-9-8-17-14-23(2)12-11-16(17)13-18;/h3-10,13H,11-12,14H2,1-2H3;1H2. The molecule has 1 heterocycles. The van der Waals surface area contributed by atoms with Crippen LogP contribution in [0.25, 0.3) is 10.8 Å². The van der Waals surface area contributed by atoms with Crippen LogP contribution in [0.15, 0.2) is 59.5 Å². The Labute approximate surface area is 170 Å². The van der Waals surface area contributed by atoms with Gasteiger partial charge in [0.25, 0.3) is 10.0 Å². The van der Waals surface area contributed by atoms with E-state index in [1.165, 1.54) is 5.56 Å². The molecular weight excluding hydrogens is 396 g/mol. The summed E-state index contributed by atoms with van der Waals surface area (Å²) in [6, 6.07) is 16.6. The summed E-state index contributed by atoms with van der Waals surface area (Å²) in [5, 5.41) is 1.60. The van der Waals surface area contributed by atoms with Gasteiger partial charge in [0.15, 0.2) is 0 Å². The molecule has 28 heavy (non-hydrogen) atoms. The largest absolute Gasteiger partial charge is 0.412 e. The molecule has 5 nitrogen and oxygen atoms in total. The highest BCUT2D eigenvalue weighted by atomic mass is 35.5. The van der Waals surface area contributed by atoms with E-state index in [0.29, 0.717) is 11.1 Å². The maximum absolute atomic E-state index is 13.3. The predicted molar refractivity (Wildman–Crippen MR) is 114 cm³/mol. The molecule has 0 saturated heterocycles. The average molecular weight is 419 g/mol. The molecule has 3 aromatic rings. The Hall–Kier alpha value is -2.12. The lowest BCUT2D eigenvalue weighted by Gasteiger charge is -2.26. The first-order chi connectivity index (χ1) is 12.9. The number of hydrogen-bond donors (Lipinski definition) is 0. The average Bonchev–Trinajstić information content (AvgIpc) is 2.67. The number of anilines is 1. The number of hydrogen-bond acceptors (Lipinski definition) is 3.